The Morgan fingerprint density at radius 3 is 2.50 bits per heavy atom. The fourth-order valence-electron chi connectivity index (χ4n) is 3.18. The van der Waals surface area contributed by atoms with Crippen LogP contribution in [0.3, 0.4) is 0 Å². The second-order valence-electron chi connectivity index (χ2n) is 7.36. The van der Waals surface area contributed by atoms with Crippen molar-refractivity contribution < 1.29 is 18.7 Å². The molecule has 7 heteroatoms. The Morgan fingerprint density at radius 1 is 1.13 bits per heavy atom. The second-order valence-corrected chi connectivity index (χ2v) is 7.36. The molecule has 0 aliphatic rings. The minimum absolute atomic E-state index is 0.323. The summed E-state index contributed by atoms with van der Waals surface area (Å²) in [7, 11) is 3.94. The topological polar surface area (TPSA) is 76.7 Å². The molecule has 0 unspecified atom stereocenters. The van der Waals surface area contributed by atoms with Crippen LogP contribution in [0.2, 0.25) is 0 Å². The van der Waals surface area contributed by atoms with Crippen LogP contribution in [0.4, 0.5) is 5.69 Å². The molecule has 0 aliphatic carbocycles. The molecule has 0 bridgehead atoms. The Kier molecular flexibility index (Phi) is 6.61. The minimum Gasteiger partial charge on any atom is -0.467 e. The molecular formula is C23H27N3O4. The number of aryl methyl sites for hydroxylation is 1. The standard InChI is InChI=1S/C23H27N3O4/c1-16-12-21(17(2)26(16)14-20-6-5-11-29-20)23(28)30-15-22(27)24-13-18-7-9-19(10-8-18)25(3)4/h5-12H,13-15H2,1-4H3,(H,24,27). The first-order valence-corrected chi connectivity index (χ1v) is 9.74. The molecule has 0 spiro atoms. The van der Waals surface area contributed by atoms with Gasteiger partial charge in [0.05, 0.1) is 18.4 Å². The number of anilines is 1. The van der Waals surface area contributed by atoms with E-state index in [2.05, 4.69) is 5.32 Å². The number of benzene rings is 1. The van der Waals surface area contributed by atoms with Crippen molar-refractivity contribution in [1.82, 2.24) is 9.88 Å². The summed E-state index contributed by atoms with van der Waals surface area (Å²) in [6.07, 6.45) is 1.62. The lowest BCUT2D eigenvalue weighted by Crippen LogP contribution is -2.28. The van der Waals surface area contributed by atoms with Crippen LogP contribution in [-0.2, 0) is 22.6 Å². The van der Waals surface area contributed by atoms with E-state index in [0.29, 0.717) is 18.7 Å². The molecule has 0 saturated heterocycles. The van der Waals surface area contributed by atoms with Crippen molar-refractivity contribution in [3.63, 3.8) is 0 Å². The van der Waals surface area contributed by atoms with Gasteiger partial charge in [-0.1, -0.05) is 12.1 Å². The Labute approximate surface area is 176 Å². The van der Waals surface area contributed by atoms with Crippen LogP contribution in [-0.4, -0.2) is 37.1 Å². The van der Waals surface area contributed by atoms with E-state index in [0.717, 1.165) is 28.4 Å². The lowest BCUT2D eigenvalue weighted by molar-refractivity contribution is -0.124. The first-order valence-electron chi connectivity index (χ1n) is 9.74. The zero-order valence-corrected chi connectivity index (χ0v) is 17.8. The van der Waals surface area contributed by atoms with Gasteiger partial charge in [-0.3, -0.25) is 4.79 Å². The number of ether oxygens (including phenoxy) is 1. The number of nitrogens with zero attached hydrogens (tertiary/aromatic N) is 2. The van der Waals surface area contributed by atoms with E-state index in [1.165, 1.54) is 0 Å². The fourth-order valence-corrected chi connectivity index (χ4v) is 3.18. The number of hydrogen-bond donors (Lipinski definition) is 1. The van der Waals surface area contributed by atoms with Crippen LogP contribution >= 0.6 is 0 Å². The van der Waals surface area contributed by atoms with Gasteiger partial charge >= 0.3 is 5.97 Å². The highest BCUT2D eigenvalue weighted by Crippen LogP contribution is 2.18. The predicted molar refractivity (Wildman–Crippen MR) is 115 cm³/mol. The third-order valence-electron chi connectivity index (χ3n) is 4.96. The number of rotatable bonds is 8. The third-order valence-corrected chi connectivity index (χ3v) is 4.96. The van der Waals surface area contributed by atoms with Crippen molar-refractivity contribution in [2.75, 3.05) is 25.6 Å². The van der Waals surface area contributed by atoms with Gasteiger partial charge in [-0.05, 0) is 49.7 Å². The molecule has 0 saturated carbocycles. The van der Waals surface area contributed by atoms with E-state index in [-0.39, 0.29) is 12.5 Å². The number of amides is 1. The number of carbonyl (C=O) groups is 2. The van der Waals surface area contributed by atoms with Gasteiger partial charge in [0.2, 0.25) is 0 Å². The zero-order chi connectivity index (χ0) is 21.7. The summed E-state index contributed by atoms with van der Waals surface area (Å²) in [4.78, 5) is 26.6. The summed E-state index contributed by atoms with van der Waals surface area (Å²) < 4.78 is 12.6. The predicted octanol–water partition coefficient (Wildman–Crippen LogP) is 3.29. The molecule has 0 atom stereocenters. The molecule has 1 amide bonds. The highest BCUT2D eigenvalue weighted by molar-refractivity contribution is 5.92. The number of aromatic nitrogens is 1. The SMILES string of the molecule is Cc1cc(C(=O)OCC(=O)NCc2ccc(N(C)C)cc2)c(C)n1Cc1ccco1. The molecule has 30 heavy (non-hydrogen) atoms. The molecule has 0 fully saturated rings. The van der Waals surface area contributed by atoms with Crippen LogP contribution < -0.4 is 10.2 Å². The van der Waals surface area contributed by atoms with Gasteiger partial charge in [-0.2, -0.15) is 0 Å². The highest BCUT2D eigenvalue weighted by Gasteiger charge is 2.18. The summed E-state index contributed by atoms with van der Waals surface area (Å²) in [6, 6.07) is 13.4. The number of esters is 1. The van der Waals surface area contributed by atoms with E-state index >= 15 is 0 Å². The van der Waals surface area contributed by atoms with Crippen LogP contribution in [0.25, 0.3) is 0 Å². The van der Waals surface area contributed by atoms with E-state index in [1.807, 2.05) is 73.8 Å². The van der Waals surface area contributed by atoms with Crippen molar-refractivity contribution in [2.45, 2.75) is 26.9 Å². The molecule has 2 heterocycles. The summed E-state index contributed by atoms with van der Waals surface area (Å²) in [5.74, 6) is -0.0570. The summed E-state index contributed by atoms with van der Waals surface area (Å²) in [5, 5.41) is 2.77. The molecule has 0 aliphatic heterocycles. The maximum absolute atomic E-state index is 12.5. The monoisotopic (exact) mass is 409 g/mol. The van der Waals surface area contributed by atoms with Crippen molar-refractivity contribution in [3.8, 4) is 0 Å². The summed E-state index contributed by atoms with van der Waals surface area (Å²) >= 11 is 0. The lowest BCUT2D eigenvalue weighted by atomic mass is 10.2. The number of nitrogens with one attached hydrogen (secondary N) is 1. The maximum atomic E-state index is 12.5. The van der Waals surface area contributed by atoms with Crippen molar-refractivity contribution in [1.29, 1.82) is 0 Å². The number of carbonyl (C=O) groups excluding carboxylic acids is 2. The average Bonchev–Trinajstić information content (AvgIpc) is 3.34. The largest absolute Gasteiger partial charge is 0.467 e. The van der Waals surface area contributed by atoms with Crippen molar-refractivity contribution in [2.24, 2.45) is 0 Å². The maximum Gasteiger partial charge on any atom is 0.340 e. The highest BCUT2D eigenvalue weighted by atomic mass is 16.5. The third kappa shape index (κ3) is 5.11. The number of furan rings is 1. The van der Waals surface area contributed by atoms with Gasteiger partial charge in [0.15, 0.2) is 6.61 Å². The summed E-state index contributed by atoms with van der Waals surface area (Å²) in [5.41, 5.74) is 4.20. The molecule has 3 aromatic rings. The Hall–Kier alpha value is -3.48. The van der Waals surface area contributed by atoms with Gasteiger partial charge in [0.25, 0.3) is 5.91 Å². The van der Waals surface area contributed by atoms with Crippen molar-refractivity contribution >= 4 is 17.6 Å². The molecule has 7 nitrogen and oxygen atoms in total. The van der Waals surface area contributed by atoms with E-state index in [4.69, 9.17) is 9.15 Å². The van der Waals surface area contributed by atoms with Gasteiger partial charge in [0, 0.05) is 37.7 Å². The zero-order valence-electron chi connectivity index (χ0n) is 17.8. The molecule has 2 aromatic heterocycles. The van der Waals surface area contributed by atoms with Gasteiger partial charge in [-0.25, -0.2) is 4.79 Å². The molecule has 1 N–H and O–H groups in total. The van der Waals surface area contributed by atoms with E-state index in [1.54, 1.807) is 12.3 Å². The number of hydrogen-bond acceptors (Lipinski definition) is 5. The lowest BCUT2D eigenvalue weighted by Gasteiger charge is -2.13. The summed E-state index contributed by atoms with van der Waals surface area (Å²) in [6.45, 7) is 4.36. The van der Waals surface area contributed by atoms with Gasteiger partial charge < -0.3 is 23.9 Å². The normalized spacial score (nSPS) is 10.7. The Morgan fingerprint density at radius 2 is 1.87 bits per heavy atom. The second kappa shape index (κ2) is 9.35. The minimum atomic E-state index is -0.515. The smallest absolute Gasteiger partial charge is 0.340 e. The van der Waals surface area contributed by atoms with Crippen LogP contribution in [0.15, 0.2) is 53.1 Å². The quantitative estimate of drug-likeness (QED) is 0.578. The van der Waals surface area contributed by atoms with Gasteiger partial charge in [-0.15, -0.1) is 0 Å². The molecule has 1 aromatic carbocycles. The molecule has 0 radical (unpaired) electrons. The van der Waals surface area contributed by atoms with E-state index in [9.17, 15) is 9.59 Å². The Bertz CT molecular complexity index is 1000. The van der Waals surface area contributed by atoms with E-state index < -0.39 is 5.97 Å². The fraction of sp³-hybridized carbons (Fsp3) is 0.304. The Balaban J connectivity index is 1.52. The molecular weight excluding hydrogens is 382 g/mol. The molecule has 158 valence electrons. The molecule has 3 rings (SSSR count). The van der Waals surface area contributed by atoms with Gasteiger partial charge in [0.1, 0.15) is 5.76 Å². The van der Waals surface area contributed by atoms with Crippen molar-refractivity contribution in [3.05, 3.63) is 77.0 Å². The first-order chi connectivity index (χ1) is 14.3. The van der Waals surface area contributed by atoms with Crippen LogP contribution in [0, 0.1) is 13.8 Å². The average molecular weight is 409 g/mol. The first kappa shape index (κ1) is 21.2. The van der Waals surface area contributed by atoms with Crippen LogP contribution in [0.5, 0.6) is 0 Å². The van der Waals surface area contributed by atoms with Crippen LogP contribution in [0.1, 0.15) is 33.1 Å².